The van der Waals surface area contributed by atoms with Gasteiger partial charge in [-0.05, 0) is 86.0 Å². The van der Waals surface area contributed by atoms with E-state index in [9.17, 15) is 23.1 Å². The molecule has 39 heavy (non-hydrogen) atoms. The monoisotopic (exact) mass is 550 g/mol. The number of allylic oxidation sites excluding steroid dienone is 4. The molecule has 0 saturated heterocycles. The molecule has 2 aliphatic rings. The molecule has 3 rings (SSSR count). The molecule has 1 aromatic carbocycles. The zero-order valence-electron chi connectivity index (χ0n) is 22.8. The molecule has 0 spiro atoms. The van der Waals surface area contributed by atoms with Crippen LogP contribution >= 0.6 is 0 Å². The standard InChI is InChI=1S/C31H41F3O5/c1-3-23-18-25(24-9-7-22(8-10-24)6-4-5-15-31(32,33)34)11-13-27(23)26-12-14-28(36)29(19-26)38-16-17-39-30(37)21(2)20-35/h11-14,19,22-24,35-36H,2-10,15-18,20H2,1H3. The highest BCUT2D eigenvalue weighted by atomic mass is 19.4. The summed E-state index contributed by atoms with van der Waals surface area (Å²) in [5.41, 5.74) is 3.59. The van der Waals surface area contributed by atoms with Crippen molar-refractivity contribution in [3.8, 4) is 11.5 Å². The van der Waals surface area contributed by atoms with E-state index in [1.54, 1.807) is 12.1 Å². The minimum Gasteiger partial charge on any atom is -0.504 e. The van der Waals surface area contributed by atoms with Crippen molar-refractivity contribution in [1.82, 2.24) is 0 Å². The van der Waals surface area contributed by atoms with Gasteiger partial charge in [-0.25, -0.2) is 4.79 Å². The number of unbranched alkanes of at least 4 members (excludes halogenated alkanes) is 1. The maximum absolute atomic E-state index is 12.4. The van der Waals surface area contributed by atoms with Crippen LogP contribution < -0.4 is 4.74 Å². The van der Waals surface area contributed by atoms with Crippen molar-refractivity contribution >= 4 is 11.5 Å². The summed E-state index contributed by atoms with van der Waals surface area (Å²) in [6.45, 7) is 5.13. The second-order valence-corrected chi connectivity index (χ2v) is 10.7. The fourth-order valence-corrected chi connectivity index (χ4v) is 5.64. The Morgan fingerprint density at radius 1 is 1.10 bits per heavy atom. The molecule has 0 aromatic heterocycles. The molecule has 216 valence electrons. The third-order valence-electron chi connectivity index (χ3n) is 7.93. The number of carbonyl (C=O) groups is 1. The number of ether oxygens (including phenoxy) is 2. The van der Waals surface area contributed by atoms with Gasteiger partial charge >= 0.3 is 12.1 Å². The third kappa shape index (κ3) is 9.45. The van der Waals surface area contributed by atoms with E-state index < -0.39 is 25.2 Å². The number of aromatic hydroxyl groups is 1. The van der Waals surface area contributed by atoms with Crippen molar-refractivity contribution in [2.24, 2.45) is 17.8 Å². The van der Waals surface area contributed by atoms with E-state index in [1.807, 2.05) is 6.07 Å². The van der Waals surface area contributed by atoms with Gasteiger partial charge in [-0.2, -0.15) is 13.2 Å². The Kier molecular flexibility index (Phi) is 11.5. The van der Waals surface area contributed by atoms with E-state index in [2.05, 4.69) is 25.7 Å². The van der Waals surface area contributed by atoms with Gasteiger partial charge in [0.2, 0.25) is 0 Å². The van der Waals surface area contributed by atoms with Crippen molar-refractivity contribution in [2.45, 2.75) is 77.3 Å². The second-order valence-electron chi connectivity index (χ2n) is 10.7. The number of phenolic OH excluding ortho intramolecular Hbond substituents is 1. The van der Waals surface area contributed by atoms with E-state index in [1.165, 1.54) is 11.1 Å². The van der Waals surface area contributed by atoms with Gasteiger partial charge in [-0.1, -0.05) is 50.1 Å². The first kappa shape index (κ1) is 30.8. The highest BCUT2D eigenvalue weighted by Crippen LogP contribution is 2.43. The van der Waals surface area contributed by atoms with Crippen LogP contribution in [0.4, 0.5) is 13.2 Å². The predicted octanol–water partition coefficient (Wildman–Crippen LogP) is 7.53. The van der Waals surface area contributed by atoms with Gasteiger partial charge in [0.25, 0.3) is 0 Å². The molecule has 1 saturated carbocycles. The average Bonchev–Trinajstić information content (AvgIpc) is 2.93. The summed E-state index contributed by atoms with van der Waals surface area (Å²) in [6, 6.07) is 5.29. The minimum absolute atomic E-state index is 0.000648. The van der Waals surface area contributed by atoms with Crippen molar-refractivity contribution < 1.29 is 37.7 Å². The molecular formula is C31H41F3O5. The number of hydrogen-bond donors (Lipinski definition) is 2. The zero-order chi connectivity index (χ0) is 28.4. The second kappa shape index (κ2) is 14.6. The van der Waals surface area contributed by atoms with Crippen LogP contribution in [0.1, 0.15) is 76.7 Å². The number of hydrogen-bond acceptors (Lipinski definition) is 5. The molecule has 5 nitrogen and oxygen atoms in total. The van der Waals surface area contributed by atoms with Crippen molar-refractivity contribution in [3.63, 3.8) is 0 Å². The van der Waals surface area contributed by atoms with Crippen LogP contribution in [0.5, 0.6) is 11.5 Å². The number of benzene rings is 1. The number of esters is 1. The molecule has 1 atom stereocenters. The molecule has 1 unspecified atom stereocenters. The summed E-state index contributed by atoms with van der Waals surface area (Å²) in [5, 5.41) is 19.2. The maximum Gasteiger partial charge on any atom is 0.389 e. The number of aliphatic hydroxyl groups is 1. The van der Waals surface area contributed by atoms with Gasteiger partial charge in [0.1, 0.15) is 13.2 Å². The van der Waals surface area contributed by atoms with Crippen molar-refractivity contribution in [3.05, 3.63) is 53.6 Å². The summed E-state index contributed by atoms with van der Waals surface area (Å²) in [4.78, 5) is 11.6. The molecule has 2 N–H and O–H groups in total. The van der Waals surface area contributed by atoms with E-state index in [0.29, 0.717) is 29.9 Å². The highest BCUT2D eigenvalue weighted by Gasteiger charge is 2.29. The van der Waals surface area contributed by atoms with Crippen molar-refractivity contribution in [1.29, 1.82) is 0 Å². The Labute approximate surface area is 229 Å². The fourth-order valence-electron chi connectivity index (χ4n) is 5.64. The molecule has 1 fully saturated rings. The lowest BCUT2D eigenvalue weighted by Gasteiger charge is -2.34. The number of rotatable bonds is 13. The molecule has 0 heterocycles. The Bertz CT molecular complexity index is 1040. The smallest absolute Gasteiger partial charge is 0.389 e. The van der Waals surface area contributed by atoms with Gasteiger partial charge in [-0.3, -0.25) is 0 Å². The SMILES string of the molecule is C=C(CO)C(=O)OCCOc1cc(C2=CC=C(C3CCC(CCCCC(F)(F)F)CC3)CC2CC)ccc1O. The first-order valence-corrected chi connectivity index (χ1v) is 14.0. The summed E-state index contributed by atoms with van der Waals surface area (Å²) in [6.07, 6.45) is 7.80. The Balaban J connectivity index is 1.56. The number of alkyl halides is 3. The van der Waals surface area contributed by atoms with Crippen LogP contribution in [0.15, 0.2) is 48.1 Å². The number of carbonyl (C=O) groups excluding carboxylic acids is 1. The van der Waals surface area contributed by atoms with Crippen molar-refractivity contribution in [2.75, 3.05) is 19.8 Å². The summed E-state index contributed by atoms with van der Waals surface area (Å²) < 4.78 is 47.8. The van der Waals surface area contributed by atoms with Crippen LogP contribution in [0.25, 0.3) is 5.57 Å². The fraction of sp³-hybridized carbons (Fsp3) is 0.581. The third-order valence-corrected chi connectivity index (χ3v) is 7.93. The van der Waals surface area contributed by atoms with Gasteiger partial charge in [0.05, 0.1) is 12.2 Å². The lowest BCUT2D eigenvalue weighted by atomic mass is 9.72. The maximum atomic E-state index is 12.4. The van der Waals surface area contributed by atoms with E-state index >= 15 is 0 Å². The lowest BCUT2D eigenvalue weighted by molar-refractivity contribution is -0.140. The van der Waals surface area contributed by atoms with Crippen LogP contribution in [0.2, 0.25) is 0 Å². The molecule has 0 amide bonds. The molecule has 2 aliphatic carbocycles. The molecular weight excluding hydrogens is 509 g/mol. The number of halogens is 3. The molecule has 0 bridgehead atoms. The number of phenols is 1. The Morgan fingerprint density at radius 3 is 2.51 bits per heavy atom. The average molecular weight is 551 g/mol. The Morgan fingerprint density at radius 2 is 1.85 bits per heavy atom. The van der Waals surface area contributed by atoms with Gasteiger partial charge < -0.3 is 19.7 Å². The number of aliphatic hydroxyl groups excluding tert-OH is 1. The first-order valence-electron chi connectivity index (χ1n) is 14.0. The van der Waals surface area contributed by atoms with Crippen LogP contribution in [0, 0.1) is 17.8 Å². The summed E-state index contributed by atoms with van der Waals surface area (Å²) in [7, 11) is 0. The zero-order valence-corrected chi connectivity index (χ0v) is 22.8. The van der Waals surface area contributed by atoms with Crippen LogP contribution in [-0.4, -0.2) is 42.2 Å². The molecule has 1 aromatic rings. The summed E-state index contributed by atoms with van der Waals surface area (Å²) >= 11 is 0. The summed E-state index contributed by atoms with van der Waals surface area (Å²) in [5.74, 6) is 1.04. The highest BCUT2D eigenvalue weighted by molar-refractivity contribution is 5.87. The van der Waals surface area contributed by atoms with Crippen LogP contribution in [0.3, 0.4) is 0 Å². The molecule has 8 heteroatoms. The molecule has 0 aliphatic heterocycles. The minimum atomic E-state index is -4.05. The quantitative estimate of drug-likeness (QED) is 0.151. The normalized spacial score (nSPS) is 21.6. The van der Waals surface area contributed by atoms with E-state index in [-0.39, 0.29) is 31.0 Å². The predicted molar refractivity (Wildman–Crippen MR) is 145 cm³/mol. The van der Waals surface area contributed by atoms with E-state index in [0.717, 1.165) is 50.5 Å². The topological polar surface area (TPSA) is 76.0 Å². The van der Waals surface area contributed by atoms with Gasteiger partial charge in [0, 0.05) is 6.42 Å². The van der Waals surface area contributed by atoms with Gasteiger partial charge in [0.15, 0.2) is 11.5 Å². The first-order chi connectivity index (χ1) is 18.6. The molecule has 0 radical (unpaired) electrons. The Hall–Kier alpha value is -2.74. The van der Waals surface area contributed by atoms with Crippen LogP contribution in [-0.2, 0) is 9.53 Å². The van der Waals surface area contributed by atoms with Gasteiger partial charge in [-0.15, -0.1) is 0 Å². The lowest BCUT2D eigenvalue weighted by Crippen LogP contribution is -2.19. The largest absolute Gasteiger partial charge is 0.504 e. The van der Waals surface area contributed by atoms with E-state index in [4.69, 9.17) is 14.6 Å².